The van der Waals surface area contributed by atoms with E-state index in [0.717, 1.165) is 28.6 Å². The fourth-order valence-electron chi connectivity index (χ4n) is 2.16. The minimum Gasteiger partial charge on any atom is -0.312 e. The minimum atomic E-state index is -0.0335. The predicted octanol–water partition coefficient (Wildman–Crippen LogP) is 3.31. The number of hydrogen-bond acceptors (Lipinski definition) is 6. The number of aromatic nitrogens is 2. The third-order valence-corrected chi connectivity index (χ3v) is 5.43. The van der Waals surface area contributed by atoms with Gasteiger partial charge in [0.1, 0.15) is 5.01 Å². The van der Waals surface area contributed by atoms with Crippen LogP contribution in [0.4, 0.5) is 5.13 Å². The molecule has 1 unspecified atom stereocenters. The number of nitrogens with one attached hydrogen (secondary N) is 2. The van der Waals surface area contributed by atoms with Crippen molar-refractivity contribution in [3.05, 3.63) is 29.3 Å². The summed E-state index contributed by atoms with van der Waals surface area (Å²) in [4.78, 5) is 12.0. The second-order valence-corrected chi connectivity index (χ2v) is 7.46. The largest absolute Gasteiger partial charge is 0.312 e. The number of benzene rings is 1. The molecule has 1 fully saturated rings. The van der Waals surface area contributed by atoms with E-state index in [4.69, 9.17) is 11.6 Å². The van der Waals surface area contributed by atoms with E-state index < -0.39 is 0 Å². The van der Waals surface area contributed by atoms with E-state index in [9.17, 15) is 4.79 Å². The number of carbonyl (C=O) groups excluding carboxylic acids is 1. The van der Waals surface area contributed by atoms with Gasteiger partial charge in [-0.15, -0.1) is 22.6 Å². The standard InChI is InChI=1S/C14H15ClN4OS2.ClH/c15-10-3-1-2-9(6-10)13-18-19-14(22-13)17-12(20)7-11-8-21-5-4-16-11;/h1-3,6,11,16H,4-5,7-8H2,(H,17,19,20);1H. The topological polar surface area (TPSA) is 66.9 Å². The van der Waals surface area contributed by atoms with E-state index in [2.05, 4.69) is 20.8 Å². The number of carbonyl (C=O) groups is 1. The molecule has 124 valence electrons. The van der Waals surface area contributed by atoms with Crippen LogP contribution in [0.15, 0.2) is 24.3 Å². The van der Waals surface area contributed by atoms with E-state index in [1.807, 2.05) is 36.0 Å². The van der Waals surface area contributed by atoms with E-state index in [-0.39, 0.29) is 24.4 Å². The molecule has 0 spiro atoms. The van der Waals surface area contributed by atoms with Crippen LogP contribution < -0.4 is 10.6 Å². The van der Waals surface area contributed by atoms with Gasteiger partial charge in [0.25, 0.3) is 0 Å². The minimum absolute atomic E-state index is 0. The molecule has 1 aromatic heterocycles. The van der Waals surface area contributed by atoms with Crippen molar-refractivity contribution in [1.29, 1.82) is 0 Å². The molecule has 1 aliphatic heterocycles. The van der Waals surface area contributed by atoms with Crippen molar-refractivity contribution in [2.24, 2.45) is 0 Å². The van der Waals surface area contributed by atoms with E-state index in [0.29, 0.717) is 16.6 Å². The highest BCUT2D eigenvalue weighted by Crippen LogP contribution is 2.28. The van der Waals surface area contributed by atoms with Gasteiger partial charge in [-0.1, -0.05) is 35.1 Å². The Morgan fingerprint density at radius 1 is 1.43 bits per heavy atom. The summed E-state index contributed by atoms with van der Waals surface area (Å²) in [7, 11) is 0. The van der Waals surface area contributed by atoms with Gasteiger partial charge in [0.15, 0.2) is 0 Å². The molecular formula is C14H16Cl2N4OS2. The van der Waals surface area contributed by atoms with Crippen molar-refractivity contribution in [1.82, 2.24) is 15.5 Å². The molecule has 1 saturated heterocycles. The number of hydrogen-bond donors (Lipinski definition) is 2. The lowest BCUT2D eigenvalue weighted by molar-refractivity contribution is -0.116. The second-order valence-electron chi connectivity index (χ2n) is 4.90. The Kier molecular flexibility index (Phi) is 7.10. The van der Waals surface area contributed by atoms with Crippen LogP contribution in [0.3, 0.4) is 0 Å². The van der Waals surface area contributed by atoms with Gasteiger partial charge in [0, 0.05) is 41.1 Å². The third-order valence-electron chi connectivity index (χ3n) is 3.17. The first-order valence-electron chi connectivity index (χ1n) is 6.91. The van der Waals surface area contributed by atoms with Crippen LogP contribution in [0, 0.1) is 0 Å². The molecule has 23 heavy (non-hydrogen) atoms. The molecule has 0 saturated carbocycles. The highest BCUT2D eigenvalue weighted by Gasteiger charge is 2.18. The molecule has 9 heteroatoms. The van der Waals surface area contributed by atoms with Crippen molar-refractivity contribution >= 4 is 58.1 Å². The van der Waals surface area contributed by atoms with Crippen LogP contribution in [0.5, 0.6) is 0 Å². The molecule has 2 N–H and O–H groups in total. The zero-order valence-corrected chi connectivity index (χ0v) is 15.3. The normalized spacial score (nSPS) is 17.3. The molecular weight excluding hydrogens is 375 g/mol. The first-order chi connectivity index (χ1) is 10.7. The molecule has 1 aromatic carbocycles. The first-order valence-corrected chi connectivity index (χ1v) is 9.26. The van der Waals surface area contributed by atoms with Gasteiger partial charge in [-0.3, -0.25) is 4.79 Å². The summed E-state index contributed by atoms with van der Waals surface area (Å²) in [6, 6.07) is 7.66. The summed E-state index contributed by atoms with van der Waals surface area (Å²) in [6.07, 6.45) is 0.457. The van der Waals surface area contributed by atoms with Gasteiger partial charge in [0.05, 0.1) is 0 Å². The first kappa shape index (κ1) is 18.5. The van der Waals surface area contributed by atoms with Crippen molar-refractivity contribution in [3.8, 4) is 10.6 Å². The Morgan fingerprint density at radius 2 is 2.30 bits per heavy atom. The molecule has 2 aromatic rings. The Hall–Kier alpha value is -0.860. The summed E-state index contributed by atoms with van der Waals surface area (Å²) >= 11 is 9.19. The summed E-state index contributed by atoms with van der Waals surface area (Å²) in [5.41, 5.74) is 0.899. The van der Waals surface area contributed by atoms with Crippen LogP contribution >= 0.6 is 47.1 Å². The number of rotatable bonds is 4. The van der Waals surface area contributed by atoms with Gasteiger partial charge in [0.2, 0.25) is 11.0 Å². The number of thioether (sulfide) groups is 1. The predicted molar refractivity (Wildman–Crippen MR) is 100.0 cm³/mol. The maximum atomic E-state index is 12.0. The third kappa shape index (κ3) is 5.32. The number of amides is 1. The molecule has 3 rings (SSSR count). The van der Waals surface area contributed by atoms with Crippen LogP contribution in [-0.2, 0) is 4.79 Å². The molecule has 0 bridgehead atoms. The maximum Gasteiger partial charge on any atom is 0.227 e. The summed E-state index contributed by atoms with van der Waals surface area (Å²) in [6.45, 7) is 0.959. The molecule has 1 amide bonds. The Bertz CT molecular complexity index is 662. The molecule has 2 heterocycles. The van der Waals surface area contributed by atoms with Crippen molar-refractivity contribution in [3.63, 3.8) is 0 Å². The number of anilines is 1. The summed E-state index contributed by atoms with van der Waals surface area (Å²) in [5.74, 6) is 2.04. The quantitative estimate of drug-likeness (QED) is 0.837. The van der Waals surface area contributed by atoms with Crippen LogP contribution in [0.2, 0.25) is 5.02 Å². The monoisotopic (exact) mass is 390 g/mol. The SMILES string of the molecule is Cl.O=C(CC1CSCCN1)Nc1nnc(-c2cccc(Cl)c2)s1. The van der Waals surface area contributed by atoms with E-state index >= 15 is 0 Å². The average molecular weight is 391 g/mol. The smallest absolute Gasteiger partial charge is 0.227 e. The summed E-state index contributed by atoms with van der Waals surface area (Å²) < 4.78 is 0. The lowest BCUT2D eigenvalue weighted by atomic mass is 10.2. The van der Waals surface area contributed by atoms with Crippen LogP contribution in [0.25, 0.3) is 10.6 Å². The summed E-state index contributed by atoms with van der Waals surface area (Å²) in [5, 5.41) is 16.2. The average Bonchev–Trinajstić information content (AvgIpc) is 2.96. The zero-order valence-electron chi connectivity index (χ0n) is 12.1. The van der Waals surface area contributed by atoms with Crippen molar-refractivity contribution in [2.75, 3.05) is 23.4 Å². The second kappa shape index (κ2) is 8.84. The fraction of sp³-hybridized carbons (Fsp3) is 0.357. The van der Waals surface area contributed by atoms with Crippen molar-refractivity contribution in [2.45, 2.75) is 12.5 Å². The molecule has 1 aliphatic rings. The Balaban J connectivity index is 0.00000192. The van der Waals surface area contributed by atoms with E-state index in [1.165, 1.54) is 11.3 Å². The van der Waals surface area contributed by atoms with Crippen molar-refractivity contribution < 1.29 is 4.79 Å². The zero-order chi connectivity index (χ0) is 15.4. The highest BCUT2D eigenvalue weighted by molar-refractivity contribution is 7.99. The van der Waals surface area contributed by atoms with Gasteiger partial charge in [-0.25, -0.2) is 0 Å². The lowest BCUT2D eigenvalue weighted by Gasteiger charge is -2.22. The number of nitrogens with zero attached hydrogens (tertiary/aromatic N) is 2. The van der Waals surface area contributed by atoms with Crippen LogP contribution in [0.1, 0.15) is 6.42 Å². The molecule has 0 aliphatic carbocycles. The Labute approximate surface area is 154 Å². The number of halogens is 2. The van der Waals surface area contributed by atoms with E-state index in [1.54, 1.807) is 0 Å². The van der Waals surface area contributed by atoms with Gasteiger partial charge >= 0.3 is 0 Å². The van der Waals surface area contributed by atoms with Gasteiger partial charge in [-0.05, 0) is 12.1 Å². The highest BCUT2D eigenvalue weighted by atomic mass is 35.5. The van der Waals surface area contributed by atoms with Gasteiger partial charge < -0.3 is 10.6 Å². The fourth-order valence-corrected chi connectivity index (χ4v) is 4.05. The van der Waals surface area contributed by atoms with Crippen LogP contribution in [-0.4, -0.2) is 40.2 Å². The van der Waals surface area contributed by atoms with Gasteiger partial charge in [-0.2, -0.15) is 11.8 Å². The molecule has 5 nitrogen and oxygen atoms in total. The Morgan fingerprint density at radius 3 is 3.04 bits per heavy atom. The lowest BCUT2D eigenvalue weighted by Crippen LogP contribution is -2.39. The molecule has 0 radical (unpaired) electrons. The molecule has 1 atom stereocenters. The maximum absolute atomic E-state index is 12.0.